The van der Waals surface area contributed by atoms with E-state index in [-0.39, 0.29) is 24.2 Å². The van der Waals surface area contributed by atoms with E-state index in [9.17, 15) is 14.4 Å². The van der Waals surface area contributed by atoms with Gasteiger partial charge in [-0.3, -0.25) is 9.59 Å². The van der Waals surface area contributed by atoms with Crippen molar-refractivity contribution in [1.29, 1.82) is 0 Å². The molecule has 2 fully saturated rings. The number of anilines is 1. The molecule has 3 rings (SSSR count). The van der Waals surface area contributed by atoms with Crippen molar-refractivity contribution in [3.05, 3.63) is 16.0 Å². The Labute approximate surface area is 145 Å². The van der Waals surface area contributed by atoms with Crippen LogP contribution in [0.1, 0.15) is 65.1 Å². The van der Waals surface area contributed by atoms with E-state index in [0.717, 1.165) is 19.3 Å². The molecular weight excluding hydrogens is 326 g/mol. The number of hydrogen-bond donors (Lipinski definition) is 1. The molecule has 130 valence electrons. The molecule has 1 aromatic rings. The van der Waals surface area contributed by atoms with Crippen LogP contribution in [0.5, 0.6) is 0 Å². The van der Waals surface area contributed by atoms with E-state index in [1.165, 1.54) is 24.7 Å². The Morgan fingerprint density at radius 1 is 1.25 bits per heavy atom. The number of fused-ring (bicyclic) bond motifs is 2. The van der Waals surface area contributed by atoms with Crippen molar-refractivity contribution < 1.29 is 19.1 Å². The van der Waals surface area contributed by atoms with E-state index in [1.54, 1.807) is 13.8 Å². The predicted molar refractivity (Wildman–Crippen MR) is 92.6 cm³/mol. The third-order valence-electron chi connectivity index (χ3n) is 5.26. The maximum atomic E-state index is 12.7. The monoisotopic (exact) mass is 349 g/mol. The number of amides is 1. The summed E-state index contributed by atoms with van der Waals surface area (Å²) in [6.07, 6.45) is 4.44. The number of ether oxygens (including phenoxy) is 1. The van der Waals surface area contributed by atoms with Gasteiger partial charge in [-0.2, -0.15) is 0 Å². The molecule has 5 nitrogen and oxygen atoms in total. The van der Waals surface area contributed by atoms with Gasteiger partial charge in [-0.15, -0.1) is 11.3 Å². The molecule has 24 heavy (non-hydrogen) atoms. The Morgan fingerprint density at radius 2 is 2.00 bits per heavy atom. The number of nitrogens with one attached hydrogen (secondary N) is 1. The average molecular weight is 349 g/mol. The maximum Gasteiger partial charge on any atom is 0.341 e. The van der Waals surface area contributed by atoms with Crippen LogP contribution in [0, 0.1) is 24.7 Å². The van der Waals surface area contributed by atoms with E-state index in [2.05, 4.69) is 5.32 Å². The van der Waals surface area contributed by atoms with Crippen LogP contribution in [0.25, 0.3) is 0 Å². The zero-order valence-electron chi connectivity index (χ0n) is 14.3. The first-order valence-corrected chi connectivity index (χ1v) is 9.36. The smallest absolute Gasteiger partial charge is 0.341 e. The van der Waals surface area contributed by atoms with Gasteiger partial charge in [-0.05, 0) is 57.4 Å². The zero-order valence-corrected chi connectivity index (χ0v) is 15.1. The van der Waals surface area contributed by atoms with Crippen LogP contribution < -0.4 is 5.32 Å². The molecule has 3 atom stereocenters. The molecule has 1 N–H and O–H groups in total. The highest BCUT2D eigenvalue weighted by Gasteiger charge is 2.43. The minimum absolute atomic E-state index is 0.0240. The van der Waals surface area contributed by atoms with Crippen LogP contribution in [-0.2, 0) is 9.53 Å². The van der Waals surface area contributed by atoms with Gasteiger partial charge in [-0.25, -0.2) is 4.79 Å². The first-order valence-electron chi connectivity index (χ1n) is 8.54. The number of rotatable bonds is 5. The van der Waals surface area contributed by atoms with Crippen molar-refractivity contribution in [2.45, 2.75) is 46.5 Å². The second kappa shape index (κ2) is 6.67. The van der Waals surface area contributed by atoms with Crippen molar-refractivity contribution in [2.75, 3.05) is 11.9 Å². The molecule has 2 bridgehead atoms. The molecule has 6 heteroatoms. The molecule has 0 radical (unpaired) electrons. The van der Waals surface area contributed by atoms with Crippen LogP contribution >= 0.6 is 11.3 Å². The summed E-state index contributed by atoms with van der Waals surface area (Å²) >= 11 is 1.17. The zero-order chi connectivity index (χ0) is 17.4. The summed E-state index contributed by atoms with van der Waals surface area (Å²) in [6, 6.07) is 0. The van der Waals surface area contributed by atoms with Crippen LogP contribution in [0.15, 0.2) is 0 Å². The SMILES string of the molecule is CCOC(=O)c1c(NC(=O)[C@@H]2C[C@@H]3CC[C@@H]2C3)sc(C(C)=O)c1C. The molecule has 2 saturated carbocycles. The Hall–Kier alpha value is -1.69. The third-order valence-corrected chi connectivity index (χ3v) is 6.57. The van der Waals surface area contributed by atoms with E-state index in [4.69, 9.17) is 4.74 Å². The molecule has 0 spiro atoms. The highest BCUT2D eigenvalue weighted by Crippen LogP contribution is 2.49. The number of Topliss-reactive ketones (excluding diaryl/α,β-unsaturated/α-hetero) is 1. The number of ketones is 1. The highest BCUT2D eigenvalue weighted by molar-refractivity contribution is 7.18. The van der Waals surface area contributed by atoms with Gasteiger partial charge in [0, 0.05) is 5.92 Å². The molecule has 2 aliphatic rings. The summed E-state index contributed by atoms with van der Waals surface area (Å²) in [5, 5.41) is 3.37. The topological polar surface area (TPSA) is 72.5 Å². The van der Waals surface area contributed by atoms with Crippen molar-refractivity contribution in [1.82, 2.24) is 0 Å². The molecule has 0 saturated heterocycles. The van der Waals surface area contributed by atoms with Crippen molar-refractivity contribution >= 4 is 34.0 Å². The van der Waals surface area contributed by atoms with Crippen molar-refractivity contribution in [3.63, 3.8) is 0 Å². The summed E-state index contributed by atoms with van der Waals surface area (Å²) in [5.41, 5.74) is 0.915. The standard InChI is InChI=1S/C18H23NO4S/c1-4-23-18(22)14-9(2)15(10(3)20)24-17(14)19-16(21)13-8-11-5-6-12(13)7-11/h11-13H,4-8H2,1-3H3,(H,19,21)/t11-,12-,13-/m1/s1. The van der Waals surface area contributed by atoms with E-state index < -0.39 is 5.97 Å². The van der Waals surface area contributed by atoms with E-state index >= 15 is 0 Å². The van der Waals surface area contributed by atoms with Gasteiger partial charge in [0.1, 0.15) is 5.00 Å². The van der Waals surface area contributed by atoms with Gasteiger partial charge in [0.25, 0.3) is 0 Å². The minimum Gasteiger partial charge on any atom is -0.462 e. The van der Waals surface area contributed by atoms with Crippen LogP contribution in [0.2, 0.25) is 0 Å². The van der Waals surface area contributed by atoms with E-state index in [1.807, 2.05) is 0 Å². The number of carbonyl (C=O) groups excluding carboxylic acids is 3. The fraction of sp³-hybridized carbons (Fsp3) is 0.611. The van der Waals surface area contributed by atoms with Gasteiger partial charge in [0.05, 0.1) is 17.0 Å². The fourth-order valence-corrected chi connectivity index (χ4v) is 5.25. The van der Waals surface area contributed by atoms with Gasteiger partial charge in [-0.1, -0.05) is 6.42 Å². The lowest BCUT2D eigenvalue weighted by Crippen LogP contribution is -2.27. The maximum absolute atomic E-state index is 12.7. The molecule has 0 unspecified atom stereocenters. The summed E-state index contributed by atoms with van der Waals surface area (Å²) in [5.74, 6) is 0.555. The molecular formula is C18H23NO4S. The lowest BCUT2D eigenvalue weighted by atomic mass is 9.88. The molecule has 1 aromatic heterocycles. The number of carbonyl (C=O) groups is 3. The second-order valence-electron chi connectivity index (χ2n) is 6.81. The third kappa shape index (κ3) is 2.99. The first-order chi connectivity index (χ1) is 11.4. The predicted octanol–water partition coefficient (Wildman–Crippen LogP) is 3.81. The van der Waals surface area contributed by atoms with Gasteiger partial charge in [0.2, 0.25) is 5.91 Å². The number of thiophene rings is 1. The van der Waals surface area contributed by atoms with Crippen molar-refractivity contribution in [3.8, 4) is 0 Å². The lowest BCUT2D eigenvalue weighted by Gasteiger charge is -2.20. The summed E-state index contributed by atoms with van der Waals surface area (Å²) in [4.78, 5) is 37.3. The van der Waals surface area contributed by atoms with E-state index in [0.29, 0.717) is 32.8 Å². The Morgan fingerprint density at radius 3 is 2.54 bits per heavy atom. The van der Waals surface area contributed by atoms with Crippen LogP contribution in [0.4, 0.5) is 5.00 Å². The van der Waals surface area contributed by atoms with Crippen molar-refractivity contribution in [2.24, 2.45) is 17.8 Å². The summed E-state index contributed by atoms with van der Waals surface area (Å²) < 4.78 is 5.10. The fourth-order valence-electron chi connectivity index (χ4n) is 4.16. The molecule has 0 aliphatic heterocycles. The molecule has 1 heterocycles. The molecule has 2 aliphatic carbocycles. The van der Waals surface area contributed by atoms with Gasteiger partial charge < -0.3 is 10.1 Å². The van der Waals surface area contributed by atoms with Crippen LogP contribution in [0.3, 0.4) is 0 Å². The number of esters is 1. The first kappa shape index (κ1) is 17.1. The summed E-state index contributed by atoms with van der Waals surface area (Å²) in [7, 11) is 0. The van der Waals surface area contributed by atoms with Gasteiger partial charge >= 0.3 is 5.97 Å². The highest BCUT2D eigenvalue weighted by atomic mass is 32.1. The average Bonchev–Trinajstić information content (AvgIpc) is 3.21. The Bertz CT molecular complexity index is 693. The second-order valence-corrected chi connectivity index (χ2v) is 7.83. The summed E-state index contributed by atoms with van der Waals surface area (Å²) in [6.45, 7) is 5.18. The van der Waals surface area contributed by atoms with Gasteiger partial charge in [0.15, 0.2) is 5.78 Å². The number of hydrogen-bond acceptors (Lipinski definition) is 5. The molecule has 0 aromatic carbocycles. The van der Waals surface area contributed by atoms with Crippen LogP contribution in [-0.4, -0.2) is 24.3 Å². The molecule has 1 amide bonds. The normalized spacial score (nSPS) is 24.9. The largest absolute Gasteiger partial charge is 0.462 e. The Balaban J connectivity index is 1.86. The quantitative estimate of drug-likeness (QED) is 0.648. The Kier molecular flexibility index (Phi) is 4.76. The lowest BCUT2D eigenvalue weighted by molar-refractivity contribution is -0.121. The minimum atomic E-state index is -0.484.